The zero-order chi connectivity index (χ0) is 20.0. The van der Waals surface area contributed by atoms with Crippen LogP contribution in [0.1, 0.15) is 31.7 Å². The van der Waals surface area contributed by atoms with Crippen LogP contribution < -0.4 is 5.32 Å². The molecule has 28 heavy (non-hydrogen) atoms. The topological polar surface area (TPSA) is 84.3 Å². The van der Waals surface area contributed by atoms with Gasteiger partial charge in [0.05, 0.1) is 6.33 Å². The molecule has 2 heterocycles. The van der Waals surface area contributed by atoms with Crippen molar-refractivity contribution in [2.45, 2.75) is 44.2 Å². The quantitative estimate of drug-likeness (QED) is 0.683. The van der Waals surface area contributed by atoms with Gasteiger partial charge in [0.15, 0.2) is 5.03 Å². The van der Waals surface area contributed by atoms with E-state index in [4.69, 9.17) is 0 Å². The van der Waals surface area contributed by atoms with Crippen LogP contribution in [0.2, 0.25) is 0 Å². The van der Waals surface area contributed by atoms with E-state index in [0.717, 1.165) is 12.8 Å². The largest absolute Gasteiger partial charge is 0.356 e. The lowest BCUT2D eigenvalue weighted by Gasteiger charge is -2.29. The zero-order valence-electron chi connectivity index (χ0n) is 16.3. The maximum atomic E-state index is 12.7. The lowest BCUT2D eigenvalue weighted by atomic mass is 9.97. The van der Waals surface area contributed by atoms with Crippen LogP contribution in [-0.2, 0) is 27.8 Å². The first kappa shape index (κ1) is 20.5. The van der Waals surface area contributed by atoms with Crippen LogP contribution in [0.15, 0.2) is 47.9 Å². The second kappa shape index (κ2) is 9.34. The van der Waals surface area contributed by atoms with Gasteiger partial charge in [-0.15, -0.1) is 0 Å². The van der Waals surface area contributed by atoms with E-state index < -0.39 is 10.0 Å². The molecule has 0 atom stereocenters. The standard InChI is InChI=1S/C20H28N4O3S/c1-2-23-15-19(22-16-23)28(26,27)24-13-10-18(11-14-24)20(25)21-12-6-9-17-7-4-3-5-8-17/h3-5,7-8,15-16,18H,2,6,9-14H2,1H3,(H,21,25). The third-order valence-corrected chi connectivity index (χ3v) is 6.97. The van der Waals surface area contributed by atoms with Crippen LogP contribution in [0.5, 0.6) is 0 Å². The summed E-state index contributed by atoms with van der Waals surface area (Å²) in [7, 11) is -3.58. The summed E-state index contributed by atoms with van der Waals surface area (Å²) in [5, 5.41) is 3.08. The number of benzene rings is 1. The molecule has 1 aliphatic heterocycles. The molecule has 0 saturated carbocycles. The van der Waals surface area contributed by atoms with Crippen LogP contribution >= 0.6 is 0 Å². The number of imidazole rings is 1. The van der Waals surface area contributed by atoms with E-state index in [1.54, 1.807) is 10.8 Å². The number of nitrogens with zero attached hydrogens (tertiary/aromatic N) is 3. The van der Waals surface area contributed by atoms with Gasteiger partial charge in [0.25, 0.3) is 10.0 Å². The molecule has 1 aromatic carbocycles. The maximum absolute atomic E-state index is 12.7. The van der Waals surface area contributed by atoms with Crippen LogP contribution in [0.4, 0.5) is 0 Å². The molecular formula is C20H28N4O3S. The highest BCUT2D eigenvalue weighted by Gasteiger charge is 2.33. The number of rotatable bonds is 8. The highest BCUT2D eigenvalue weighted by Crippen LogP contribution is 2.23. The minimum Gasteiger partial charge on any atom is -0.356 e. The third-order valence-electron chi connectivity index (χ3n) is 5.19. The Morgan fingerprint density at radius 2 is 1.93 bits per heavy atom. The van der Waals surface area contributed by atoms with Gasteiger partial charge < -0.3 is 9.88 Å². The van der Waals surface area contributed by atoms with E-state index in [-0.39, 0.29) is 16.9 Å². The predicted molar refractivity (Wildman–Crippen MR) is 107 cm³/mol. The molecule has 7 nitrogen and oxygen atoms in total. The number of aryl methyl sites for hydroxylation is 2. The highest BCUT2D eigenvalue weighted by atomic mass is 32.2. The molecule has 0 radical (unpaired) electrons. The first-order chi connectivity index (χ1) is 13.5. The lowest BCUT2D eigenvalue weighted by Crippen LogP contribution is -2.43. The minimum atomic E-state index is -3.58. The average molecular weight is 405 g/mol. The van der Waals surface area contributed by atoms with Crippen LogP contribution in [0.3, 0.4) is 0 Å². The van der Waals surface area contributed by atoms with Crippen molar-refractivity contribution in [3.8, 4) is 0 Å². The molecule has 0 spiro atoms. The van der Waals surface area contributed by atoms with Crippen molar-refractivity contribution in [3.05, 3.63) is 48.4 Å². The smallest absolute Gasteiger partial charge is 0.262 e. The Morgan fingerprint density at radius 3 is 2.57 bits per heavy atom. The molecular weight excluding hydrogens is 376 g/mol. The average Bonchev–Trinajstić information content (AvgIpc) is 3.22. The van der Waals surface area contributed by atoms with Gasteiger partial charge in [-0.3, -0.25) is 4.79 Å². The second-order valence-corrected chi connectivity index (χ2v) is 8.99. The number of hydrogen-bond donors (Lipinski definition) is 1. The molecule has 8 heteroatoms. The number of carbonyl (C=O) groups excluding carboxylic acids is 1. The Balaban J connectivity index is 1.43. The van der Waals surface area contributed by atoms with Crippen molar-refractivity contribution in [2.75, 3.05) is 19.6 Å². The zero-order valence-corrected chi connectivity index (χ0v) is 17.1. The van der Waals surface area contributed by atoms with Crippen molar-refractivity contribution in [3.63, 3.8) is 0 Å². The van der Waals surface area contributed by atoms with E-state index >= 15 is 0 Å². The van der Waals surface area contributed by atoms with Crippen molar-refractivity contribution in [1.82, 2.24) is 19.2 Å². The molecule has 0 aliphatic carbocycles. The SMILES string of the molecule is CCn1cnc(S(=O)(=O)N2CCC(C(=O)NCCCc3ccccc3)CC2)c1. The Labute approximate surface area is 166 Å². The molecule has 1 aliphatic rings. The molecule has 0 unspecified atom stereocenters. The van der Waals surface area contributed by atoms with E-state index in [9.17, 15) is 13.2 Å². The summed E-state index contributed by atoms with van der Waals surface area (Å²) < 4.78 is 28.6. The fourth-order valence-electron chi connectivity index (χ4n) is 3.43. The number of nitrogens with one attached hydrogen (secondary N) is 1. The molecule has 1 saturated heterocycles. The molecule has 0 bridgehead atoms. The van der Waals surface area contributed by atoms with Crippen LogP contribution in [0.25, 0.3) is 0 Å². The number of amides is 1. The van der Waals surface area contributed by atoms with Crippen molar-refractivity contribution in [1.29, 1.82) is 0 Å². The van der Waals surface area contributed by atoms with Gasteiger partial charge in [-0.25, -0.2) is 13.4 Å². The minimum absolute atomic E-state index is 0.0281. The monoisotopic (exact) mass is 404 g/mol. The molecule has 2 aromatic rings. The second-order valence-electron chi connectivity index (χ2n) is 7.10. The van der Waals surface area contributed by atoms with Crippen molar-refractivity contribution >= 4 is 15.9 Å². The molecule has 1 N–H and O–H groups in total. The third kappa shape index (κ3) is 4.99. The maximum Gasteiger partial charge on any atom is 0.262 e. The summed E-state index contributed by atoms with van der Waals surface area (Å²) in [5.74, 6) is -0.100. The fourth-order valence-corrected chi connectivity index (χ4v) is 4.83. The Hall–Kier alpha value is -2.19. The number of piperidine rings is 1. The Morgan fingerprint density at radius 1 is 1.21 bits per heavy atom. The molecule has 1 amide bonds. The summed E-state index contributed by atoms with van der Waals surface area (Å²) >= 11 is 0. The summed E-state index contributed by atoms with van der Waals surface area (Å²) in [6, 6.07) is 10.2. The summed E-state index contributed by atoms with van der Waals surface area (Å²) in [5.41, 5.74) is 1.26. The van der Waals surface area contributed by atoms with Crippen molar-refractivity contribution < 1.29 is 13.2 Å². The van der Waals surface area contributed by atoms with Gasteiger partial charge >= 0.3 is 0 Å². The number of hydrogen-bond acceptors (Lipinski definition) is 4. The fraction of sp³-hybridized carbons (Fsp3) is 0.500. The highest BCUT2D eigenvalue weighted by molar-refractivity contribution is 7.89. The van der Waals surface area contributed by atoms with Gasteiger partial charge in [-0.1, -0.05) is 30.3 Å². The number of aromatic nitrogens is 2. The molecule has 1 aromatic heterocycles. The van der Waals surface area contributed by atoms with Gasteiger partial charge in [-0.2, -0.15) is 4.31 Å². The van der Waals surface area contributed by atoms with E-state index in [1.807, 2.05) is 25.1 Å². The van der Waals surface area contributed by atoms with Gasteiger partial charge in [0, 0.05) is 38.3 Å². The lowest BCUT2D eigenvalue weighted by molar-refractivity contribution is -0.126. The first-order valence-electron chi connectivity index (χ1n) is 9.84. The normalized spacial score (nSPS) is 16.2. The van der Waals surface area contributed by atoms with Gasteiger partial charge in [0.1, 0.15) is 0 Å². The van der Waals surface area contributed by atoms with Gasteiger partial charge in [0.2, 0.25) is 5.91 Å². The first-order valence-corrected chi connectivity index (χ1v) is 11.3. The number of sulfonamides is 1. The molecule has 3 rings (SSSR count). The van der Waals surface area contributed by atoms with E-state index in [1.165, 1.54) is 16.2 Å². The van der Waals surface area contributed by atoms with E-state index in [2.05, 4.69) is 22.4 Å². The van der Waals surface area contributed by atoms with E-state index in [0.29, 0.717) is 39.0 Å². The summed E-state index contributed by atoms with van der Waals surface area (Å²) in [6.07, 6.45) is 5.99. The Bertz CT molecular complexity index is 872. The summed E-state index contributed by atoms with van der Waals surface area (Å²) in [6.45, 7) is 3.95. The Kier molecular flexibility index (Phi) is 6.85. The summed E-state index contributed by atoms with van der Waals surface area (Å²) in [4.78, 5) is 16.4. The molecule has 1 fully saturated rings. The predicted octanol–water partition coefficient (Wildman–Crippen LogP) is 2.05. The number of carbonyl (C=O) groups is 1. The van der Waals surface area contributed by atoms with Crippen LogP contribution in [-0.4, -0.2) is 47.8 Å². The molecule has 152 valence electrons. The van der Waals surface area contributed by atoms with Crippen LogP contribution in [0, 0.1) is 5.92 Å². The van der Waals surface area contributed by atoms with Gasteiger partial charge in [-0.05, 0) is 38.2 Å². The van der Waals surface area contributed by atoms with Crippen molar-refractivity contribution in [2.24, 2.45) is 5.92 Å².